The molecule has 1 aromatic carbocycles. The molecular formula is C26H29I2NO7. The zero-order chi connectivity index (χ0) is 26.4. The van der Waals surface area contributed by atoms with Crippen molar-refractivity contribution in [3.05, 3.63) is 63.9 Å². The lowest BCUT2D eigenvalue weighted by atomic mass is 9.74. The Hall–Kier alpha value is -1.93. The van der Waals surface area contributed by atoms with Crippen molar-refractivity contribution in [3.63, 3.8) is 0 Å². The van der Waals surface area contributed by atoms with Crippen LogP contribution in [0.3, 0.4) is 0 Å². The number of halogens is 2. The lowest BCUT2D eigenvalue weighted by Gasteiger charge is -2.47. The monoisotopic (exact) mass is 721 g/mol. The molecule has 0 spiro atoms. The van der Waals surface area contributed by atoms with E-state index in [4.69, 9.17) is 19.2 Å². The Bertz CT molecular complexity index is 1070. The van der Waals surface area contributed by atoms with E-state index in [1.807, 2.05) is 19.1 Å². The summed E-state index contributed by atoms with van der Waals surface area (Å²) in [6, 6.07) is 5.63. The third-order valence-corrected chi connectivity index (χ3v) is 7.70. The van der Waals surface area contributed by atoms with Crippen molar-refractivity contribution < 1.29 is 33.6 Å². The van der Waals surface area contributed by atoms with Crippen molar-refractivity contribution in [2.24, 2.45) is 17.8 Å². The number of nitrogens with zero attached hydrogens (tertiary/aromatic N) is 1. The highest BCUT2D eigenvalue weighted by Crippen LogP contribution is 2.49. The number of alkyl halides is 1. The molecule has 1 amide bonds. The highest BCUT2D eigenvalue weighted by Gasteiger charge is 2.61. The van der Waals surface area contributed by atoms with E-state index in [-0.39, 0.29) is 37.3 Å². The fraction of sp³-hybridized carbons (Fsp3) is 0.423. The second kappa shape index (κ2) is 13.0. The fourth-order valence-electron chi connectivity index (χ4n) is 4.49. The molecule has 2 aliphatic heterocycles. The predicted molar refractivity (Wildman–Crippen MR) is 150 cm³/mol. The lowest BCUT2D eigenvalue weighted by molar-refractivity contribution is -0.271. The van der Waals surface area contributed by atoms with Crippen molar-refractivity contribution in [3.8, 4) is 5.75 Å². The van der Waals surface area contributed by atoms with Crippen LogP contribution in [0.4, 0.5) is 0 Å². The van der Waals surface area contributed by atoms with E-state index in [0.717, 1.165) is 14.4 Å². The van der Waals surface area contributed by atoms with Gasteiger partial charge < -0.3 is 14.4 Å². The molecule has 1 saturated heterocycles. The Morgan fingerprint density at radius 1 is 1.22 bits per heavy atom. The highest BCUT2D eigenvalue weighted by molar-refractivity contribution is 14.1. The first-order chi connectivity index (χ1) is 17.3. The zero-order valence-electron chi connectivity index (χ0n) is 20.2. The number of rotatable bonds is 13. The Kier molecular flexibility index (Phi) is 10.4. The number of carbonyl (C=O) groups is 3. The van der Waals surface area contributed by atoms with Crippen LogP contribution in [-0.4, -0.2) is 53.0 Å². The highest BCUT2D eigenvalue weighted by atomic mass is 127. The van der Waals surface area contributed by atoms with E-state index in [9.17, 15) is 14.4 Å². The Morgan fingerprint density at radius 2 is 1.94 bits per heavy atom. The van der Waals surface area contributed by atoms with E-state index in [1.54, 1.807) is 6.92 Å². The minimum Gasteiger partial charge on any atom is -0.488 e. The van der Waals surface area contributed by atoms with Gasteiger partial charge in [0.15, 0.2) is 0 Å². The van der Waals surface area contributed by atoms with Gasteiger partial charge in [-0.25, -0.2) is 9.59 Å². The number of fused-ring (bicyclic) bond motifs is 1. The van der Waals surface area contributed by atoms with E-state index in [0.29, 0.717) is 11.3 Å². The van der Waals surface area contributed by atoms with Gasteiger partial charge in [-0.1, -0.05) is 61.2 Å². The minimum absolute atomic E-state index is 0.0144. The van der Waals surface area contributed by atoms with Gasteiger partial charge in [-0.05, 0) is 46.7 Å². The number of aryl methyl sites for hydroxylation is 1. The first kappa shape index (κ1) is 28.6. The second-order valence-corrected chi connectivity index (χ2v) is 10.8. The van der Waals surface area contributed by atoms with Crippen LogP contribution in [-0.2, 0) is 35.3 Å². The van der Waals surface area contributed by atoms with Gasteiger partial charge in [-0.2, -0.15) is 4.89 Å². The Labute approximate surface area is 238 Å². The SMILES string of the molecule is C=CCOOC(=O)C(C)C1C(=O)N2C(C(=O)OCC=C)=C(COc3ccc(CCI)cc3I)C(C)C12. The number of amides is 1. The fourth-order valence-corrected chi connectivity index (χ4v) is 5.85. The molecule has 8 nitrogen and oxygen atoms in total. The van der Waals surface area contributed by atoms with E-state index < -0.39 is 29.8 Å². The Morgan fingerprint density at radius 3 is 2.58 bits per heavy atom. The summed E-state index contributed by atoms with van der Waals surface area (Å²) in [6.07, 6.45) is 3.88. The number of esters is 1. The van der Waals surface area contributed by atoms with E-state index in [2.05, 4.69) is 64.4 Å². The number of hydrogen-bond acceptors (Lipinski definition) is 7. The van der Waals surface area contributed by atoms with Gasteiger partial charge in [0.1, 0.15) is 31.3 Å². The zero-order valence-corrected chi connectivity index (χ0v) is 24.5. The summed E-state index contributed by atoms with van der Waals surface area (Å²) in [5, 5.41) is 0. The number of hydrogen-bond donors (Lipinski definition) is 0. The maximum absolute atomic E-state index is 13.2. The molecule has 1 aromatic rings. The summed E-state index contributed by atoms with van der Waals surface area (Å²) < 4.78 is 13.4. The molecule has 0 aliphatic carbocycles. The maximum atomic E-state index is 13.2. The average molecular weight is 721 g/mol. The predicted octanol–water partition coefficient (Wildman–Crippen LogP) is 4.40. The number of β-lactam (4-membered cyclic amide) rings is 1. The standard InChI is InChI=1S/C26H29I2NO7/c1-5-11-33-26(32)23-18(14-34-20-8-7-17(9-10-27)13-19(20)28)15(3)22-21(24(30)29(22)23)16(4)25(31)36-35-12-6-2/h5-8,13,15-16,21-22H,1-2,9-12,14H2,3-4H3. The largest absolute Gasteiger partial charge is 0.488 e. The molecular weight excluding hydrogens is 692 g/mol. The van der Waals surface area contributed by atoms with Crippen LogP contribution in [0.25, 0.3) is 0 Å². The van der Waals surface area contributed by atoms with Crippen LogP contribution < -0.4 is 4.74 Å². The van der Waals surface area contributed by atoms with Crippen LogP contribution in [0.2, 0.25) is 0 Å². The quantitative estimate of drug-likeness (QED) is 0.0436. The maximum Gasteiger partial charge on any atom is 0.355 e. The molecule has 36 heavy (non-hydrogen) atoms. The summed E-state index contributed by atoms with van der Waals surface area (Å²) in [6.45, 7) is 10.8. The molecule has 0 saturated carbocycles. The molecule has 0 N–H and O–H groups in total. The molecule has 0 radical (unpaired) electrons. The Balaban J connectivity index is 1.83. The molecule has 4 unspecified atom stereocenters. The van der Waals surface area contributed by atoms with Gasteiger partial charge in [-0.3, -0.25) is 9.68 Å². The molecule has 0 aromatic heterocycles. The summed E-state index contributed by atoms with van der Waals surface area (Å²) in [5.74, 6) is -2.57. The van der Waals surface area contributed by atoms with Crippen molar-refractivity contribution in [1.29, 1.82) is 0 Å². The summed E-state index contributed by atoms with van der Waals surface area (Å²) in [4.78, 5) is 49.7. The molecule has 1 fully saturated rings. The normalized spacial score (nSPS) is 21.4. The topological polar surface area (TPSA) is 91.4 Å². The first-order valence-electron chi connectivity index (χ1n) is 11.5. The molecule has 194 valence electrons. The minimum atomic E-state index is -0.761. The molecule has 2 heterocycles. The number of benzene rings is 1. The van der Waals surface area contributed by atoms with Crippen molar-refractivity contribution in [2.45, 2.75) is 26.3 Å². The van der Waals surface area contributed by atoms with Crippen LogP contribution in [0, 0.1) is 21.3 Å². The molecule has 0 bridgehead atoms. The lowest BCUT2D eigenvalue weighted by Crippen LogP contribution is -2.63. The van der Waals surface area contributed by atoms with Crippen molar-refractivity contribution in [1.82, 2.24) is 4.90 Å². The second-order valence-electron chi connectivity index (χ2n) is 8.53. The van der Waals surface area contributed by atoms with Gasteiger partial charge in [0.2, 0.25) is 5.91 Å². The van der Waals surface area contributed by atoms with E-state index in [1.165, 1.54) is 22.6 Å². The average Bonchev–Trinajstić information content (AvgIpc) is 3.10. The number of carbonyl (C=O) groups excluding carboxylic acids is 3. The van der Waals surface area contributed by atoms with Crippen molar-refractivity contribution in [2.75, 3.05) is 24.2 Å². The first-order valence-corrected chi connectivity index (χ1v) is 14.1. The number of ether oxygens (including phenoxy) is 2. The molecule has 2 aliphatic rings. The third-order valence-electron chi connectivity index (χ3n) is 6.32. The third kappa shape index (κ3) is 5.96. The molecule has 3 rings (SSSR count). The van der Waals surface area contributed by atoms with Crippen LogP contribution >= 0.6 is 45.2 Å². The van der Waals surface area contributed by atoms with Crippen LogP contribution in [0.5, 0.6) is 5.75 Å². The van der Waals surface area contributed by atoms with E-state index >= 15 is 0 Å². The summed E-state index contributed by atoms with van der Waals surface area (Å²) >= 11 is 4.57. The summed E-state index contributed by atoms with van der Waals surface area (Å²) in [7, 11) is 0. The van der Waals surface area contributed by atoms with Gasteiger partial charge >= 0.3 is 11.9 Å². The van der Waals surface area contributed by atoms with Gasteiger partial charge in [0.25, 0.3) is 0 Å². The van der Waals surface area contributed by atoms with Gasteiger partial charge in [0, 0.05) is 15.9 Å². The van der Waals surface area contributed by atoms with Gasteiger partial charge in [0.05, 0.1) is 21.4 Å². The molecule has 10 heteroatoms. The van der Waals surface area contributed by atoms with Crippen LogP contribution in [0.1, 0.15) is 19.4 Å². The summed E-state index contributed by atoms with van der Waals surface area (Å²) in [5.41, 5.74) is 2.05. The smallest absolute Gasteiger partial charge is 0.355 e. The van der Waals surface area contributed by atoms with Crippen LogP contribution in [0.15, 0.2) is 54.8 Å². The molecule has 4 atom stereocenters. The van der Waals surface area contributed by atoms with Crippen molar-refractivity contribution >= 4 is 63.0 Å². The van der Waals surface area contributed by atoms with Gasteiger partial charge in [-0.15, -0.1) is 6.58 Å².